The minimum atomic E-state index is -0.549. The maximum absolute atomic E-state index is 11.6. The number of benzene rings is 2. The highest BCUT2D eigenvalue weighted by atomic mass is 35.5. The molecule has 0 bridgehead atoms. The van der Waals surface area contributed by atoms with Gasteiger partial charge in [-0.2, -0.15) is 0 Å². The minimum absolute atomic E-state index is 0.258. The molecule has 0 saturated heterocycles. The van der Waals surface area contributed by atoms with E-state index >= 15 is 0 Å². The molecule has 0 aliphatic carbocycles. The van der Waals surface area contributed by atoms with E-state index in [2.05, 4.69) is 20.2 Å². The molecule has 0 amide bonds. The molecule has 0 spiro atoms. The standard InChI is InChI=1S/C20H16ClN5O2S/c21-16-9-5-4-6-13(16)12-29-20-25-24-17(26(20)15-7-2-1-3-8-15)10-14-11-18(27)23-19(28)22-14/h1-9,11H,10,12H2,(H2,22,23,27,28). The first-order chi connectivity index (χ1) is 14.1. The van der Waals surface area contributed by atoms with Gasteiger partial charge in [0.15, 0.2) is 5.16 Å². The quantitative estimate of drug-likeness (QED) is 0.462. The average Bonchev–Trinajstić information content (AvgIpc) is 3.09. The van der Waals surface area contributed by atoms with Crippen molar-refractivity contribution in [3.63, 3.8) is 0 Å². The molecule has 0 atom stereocenters. The van der Waals surface area contributed by atoms with Gasteiger partial charge in [-0.05, 0) is 23.8 Å². The number of rotatable bonds is 6. The van der Waals surface area contributed by atoms with Crippen molar-refractivity contribution < 1.29 is 0 Å². The van der Waals surface area contributed by atoms with E-state index in [1.807, 2.05) is 59.2 Å². The summed E-state index contributed by atoms with van der Waals surface area (Å²) in [5.41, 5.74) is 1.35. The fourth-order valence-corrected chi connectivity index (χ4v) is 4.14. The average molecular weight is 426 g/mol. The molecular formula is C20H16ClN5O2S. The van der Waals surface area contributed by atoms with Crippen molar-refractivity contribution in [3.8, 4) is 5.69 Å². The Kier molecular flexibility index (Phi) is 5.64. The zero-order valence-electron chi connectivity index (χ0n) is 15.1. The molecule has 2 aromatic heterocycles. The van der Waals surface area contributed by atoms with Gasteiger partial charge in [-0.15, -0.1) is 10.2 Å². The number of nitrogens with one attached hydrogen (secondary N) is 2. The molecule has 9 heteroatoms. The van der Waals surface area contributed by atoms with Crippen molar-refractivity contribution in [2.75, 3.05) is 0 Å². The second-order valence-corrected chi connectivity index (χ2v) is 7.59. The molecule has 0 aliphatic rings. The van der Waals surface area contributed by atoms with E-state index in [1.54, 1.807) is 0 Å². The summed E-state index contributed by atoms with van der Waals surface area (Å²) < 4.78 is 1.92. The summed E-state index contributed by atoms with van der Waals surface area (Å²) in [7, 11) is 0. The van der Waals surface area contributed by atoms with Crippen molar-refractivity contribution in [2.45, 2.75) is 17.3 Å². The molecule has 146 valence electrons. The SMILES string of the molecule is O=c1cc(Cc2nnc(SCc3ccccc3Cl)n2-c2ccccc2)[nH]c(=O)[nH]1. The monoisotopic (exact) mass is 425 g/mol. The number of para-hydroxylation sites is 1. The van der Waals surface area contributed by atoms with Crippen LogP contribution < -0.4 is 11.2 Å². The van der Waals surface area contributed by atoms with Gasteiger partial charge in [0.2, 0.25) is 0 Å². The summed E-state index contributed by atoms with van der Waals surface area (Å²) in [5.74, 6) is 1.24. The van der Waals surface area contributed by atoms with Crippen LogP contribution in [0.15, 0.2) is 75.4 Å². The summed E-state index contributed by atoms with van der Waals surface area (Å²) >= 11 is 7.78. The van der Waals surface area contributed by atoms with E-state index in [1.165, 1.54) is 17.8 Å². The Morgan fingerprint density at radius 1 is 0.966 bits per heavy atom. The highest BCUT2D eigenvalue weighted by Crippen LogP contribution is 2.28. The van der Waals surface area contributed by atoms with Crippen molar-refractivity contribution in [1.82, 2.24) is 24.7 Å². The first-order valence-electron chi connectivity index (χ1n) is 8.78. The Labute approximate surface area is 174 Å². The maximum Gasteiger partial charge on any atom is 0.325 e. The Morgan fingerprint density at radius 3 is 2.48 bits per heavy atom. The number of nitrogens with zero attached hydrogens (tertiary/aromatic N) is 3. The molecule has 29 heavy (non-hydrogen) atoms. The third-order valence-corrected chi connectivity index (χ3v) is 5.54. The number of aromatic nitrogens is 5. The summed E-state index contributed by atoms with van der Waals surface area (Å²) in [6.45, 7) is 0. The van der Waals surface area contributed by atoms with Crippen LogP contribution in [0.2, 0.25) is 5.02 Å². The van der Waals surface area contributed by atoms with E-state index in [0.717, 1.165) is 11.3 Å². The molecule has 2 N–H and O–H groups in total. The number of hydrogen-bond donors (Lipinski definition) is 2. The lowest BCUT2D eigenvalue weighted by Crippen LogP contribution is -2.23. The zero-order chi connectivity index (χ0) is 20.2. The van der Waals surface area contributed by atoms with Crippen molar-refractivity contribution in [2.24, 2.45) is 0 Å². The third kappa shape index (κ3) is 4.49. The van der Waals surface area contributed by atoms with Gasteiger partial charge in [0.1, 0.15) is 5.82 Å². The van der Waals surface area contributed by atoms with Crippen LogP contribution in [-0.4, -0.2) is 24.7 Å². The molecule has 2 aromatic carbocycles. The summed E-state index contributed by atoms with van der Waals surface area (Å²) in [6, 6.07) is 18.7. The molecule has 0 fully saturated rings. The fourth-order valence-electron chi connectivity index (χ4n) is 2.89. The van der Waals surface area contributed by atoms with Gasteiger partial charge in [-0.1, -0.05) is 59.8 Å². The van der Waals surface area contributed by atoms with Crippen molar-refractivity contribution in [3.05, 3.63) is 104 Å². The molecule has 4 aromatic rings. The number of halogens is 1. The highest BCUT2D eigenvalue weighted by Gasteiger charge is 2.16. The van der Waals surface area contributed by atoms with E-state index in [-0.39, 0.29) is 6.42 Å². The van der Waals surface area contributed by atoms with Crippen LogP contribution in [-0.2, 0) is 12.2 Å². The zero-order valence-corrected chi connectivity index (χ0v) is 16.7. The molecule has 0 radical (unpaired) electrons. The normalized spacial score (nSPS) is 10.9. The lowest BCUT2D eigenvalue weighted by Gasteiger charge is -2.10. The molecule has 2 heterocycles. The molecular weight excluding hydrogens is 410 g/mol. The molecule has 7 nitrogen and oxygen atoms in total. The van der Waals surface area contributed by atoms with Gasteiger partial charge in [-0.3, -0.25) is 14.3 Å². The first kappa shape index (κ1) is 19.2. The van der Waals surface area contributed by atoms with Gasteiger partial charge >= 0.3 is 5.69 Å². The maximum atomic E-state index is 11.6. The molecule has 0 unspecified atom stereocenters. The smallest absolute Gasteiger partial charge is 0.311 e. The van der Waals surface area contributed by atoms with E-state index < -0.39 is 11.2 Å². The Balaban J connectivity index is 1.69. The number of hydrogen-bond acceptors (Lipinski definition) is 5. The molecule has 0 aliphatic heterocycles. The van der Waals surface area contributed by atoms with Gasteiger partial charge in [-0.25, -0.2) is 4.79 Å². The van der Waals surface area contributed by atoms with Crippen LogP contribution in [0.1, 0.15) is 17.1 Å². The van der Waals surface area contributed by atoms with Crippen LogP contribution in [0.5, 0.6) is 0 Å². The van der Waals surface area contributed by atoms with E-state index in [0.29, 0.717) is 27.5 Å². The van der Waals surface area contributed by atoms with E-state index in [9.17, 15) is 9.59 Å². The fraction of sp³-hybridized carbons (Fsp3) is 0.100. The number of aromatic amines is 2. The Hall–Kier alpha value is -3.10. The van der Waals surface area contributed by atoms with Crippen molar-refractivity contribution in [1.29, 1.82) is 0 Å². The minimum Gasteiger partial charge on any atom is -0.311 e. The second-order valence-electron chi connectivity index (χ2n) is 6.24. The first-order valence-corrected chi connectivity index (χ1v) is 10.1. The second kappa shape index (κ2) is 8.50. The lowest BCUT2D eigenvalue weighted by atomic mass is 10.2. The Bertz CT molecular complexity index is 1220. The Morgan fingerprint density at radius 2 is 1.72 bits per heavy atom. The number of thioether (sulfide) groups is 1. The number of H-pyrrole nitrogens is 2. The van der Waals surface area contributed by atoms with Crippen LogP contribution >= 0.6 is 23.4 Å². The summed E-state index contributed by atoms with van der Waals surface area (Å²) in [4.78, 5) is 28.0. The highest BCUT2D eigenvalue weighted by molar-refractivity contribution is 7.98. The largest absolute Gasteiger partial charge is 0.325 e. The van der Waals surface area contributed by atoms with Crippen LogP contribution in [0.25, 0.3) is 5.69 Å². The van der Waals surface area contributed by atoms with Gasteiger partial charge in [0, 0.05) is 34.6 Å². The van der Waals surface area contributed by atoms with Crippen LogP contribution in [0.3, 0.4) is 0 Å². The third-order valence-electron chi connectivity index (χ3n) is 4.19. The van der Waals surface area contributed by atoms with E-state index in [4.69, 9.17) is 11.6 Å². The topological polar surface area (TPSA) is 96.4 Å². The van der Waals surface area contributed by atoms with Gasteiger partial charge in [0.25, 0.3) is 5.56 Å². The predicted octanol–water partition coefficient (Wildman–Crippen LogP) is 3.18. The lowest BCUT2D eigenvalue weighted by molar-refractivity contribution is 0.829. The van der Waals surface area contributed by atoms with Gasteiger partial charge < -0.3 is 4.98 Å². The molecule has 0 saturated carbocycles. The summed E-state index contributed by atoms with van der Waals surface area (Å²) in [5, 5.41) is 10.0. The predicted molar refractivity (Wildman–Crippen MR) is 113 cm³/mol. The van der Waals surface area contributed by atoms with Crippen molar-refractivity contribution >= 4 is 23.4 Å². The summed E-state index contributed by atoms with van der Waals surface area (Å²) in [6.07, 6.45) is 0.258. The van der Waals surface area contributed by atoms with Crippen LogP contribution in [0, 0.1) is 0 Å². The molecule has 4 rings (SSSR count). The van der Waals surface area contributed by atoms with Gasteiger partial charge in [0.05, 0.1) is 0 Å². The van der Waals surface area contributed by atoms with Crippen LogP contribution in [0.4, 0.5) is 0 Å².